The van der Waals surface area contributed by atoms with Crippen LogP contribution in [0.15, 0.2) is 36.9 Å². The Kier molecular flexibility index (Phi) is 5.28. The van der Waals surface area contributed by atoms with Gasteiger partial charge in [0.05, 0.1) is 37.2 Å². The summed E-state index contributed by atoms with van der Waals surface area (Å²) in [7, 11) is 1.58. The van der Waals surface area contributed by atoms with Crippen LogP contribution in [-0.4, -0.2) is 61.8 Å². The molecule has 1 atom stereocenters. The number of nitrogens with zero attached hydrogens (tertiary/aromatic N) is 6. The summed E-state index contributed by atoms with van der Waals surface area (Å²) in [6.45, 7) is 3.73. The molecule has 164 valence electrons. The molecule has 3 N–H and O–H groups in total. The van der Waals surface area contributed by atoms with Gasteiger partial charge in [0.15, 0.2) is 5.65 Å². The third kappa shape index (κ3) is 3.80. The third-order valence-electron chi connectivity index (χ3n) is 5.64. The molecule has 0 bridgehead atoms. The summed E-state index contributed by atoms with van der Waals surface area (Å²) < 4.78 is 5.15. The molecule has 1 aliphatic rings. The van der Waals surface area contributed by atoms with Gasteiger partial charge in [-0.05, 0) is 25.5 Å². The number of imidazole rings is 1. The summed E-state index contributed by atoms with van der Waals surface area (Å²) in [5.74, 6) is 2.10. The van der Waals surface area contributed by atoms with Gasteiger partial charge in [-0.3, -0.25) is 0 Å². The molecule has 1 fully saturated rings. The van der Waals surface area contributed by atoms with Crippen molar-refractivity contribution in [2.24, 2.45) is 5.92 Å². The van der Waals surface area contributed by atoms with Crippen molar-refractivity contribution in [3.63, 3.8) is 0 Å². The van der Waals surface area contributed by atoms with Gasteiger partial charge < -0.3 is 25.0 Å². The highest BCUT2D eigenvalue weighted by Gasteiger charge is 2.24. The van der Waals surface area contributed by atoms with Crippen molar-refractivity contribution < 1.29 is 9.84 Å². The lowest BCUT2D eigenvalue weighted by atomic mass is 10.1. The smallest absolute Gasteiger partial charge is 0.213 e. The first kappa shape index (κ1) is 20.1. The van der Waals surface area contributed by atoms with Crippen molar-refractivity contribution in [2.75, 3.05) is 37.0 Å². The fraction of sp³-hybridized carbons (Fsp3) is 0.318. The predicted octanol–water partition coefficient (Wildman–Crippen LogP) is 2.69. The Bertz CT molecular complexity index is 1240. The van der Waals surface area contributed by atoms with Gasteiger partial charge in [0, 0.05) is 37.2 Å². The average Bonchev–Trinajstić information content (AvgIpc) is 3.49. The molecule has 0 saturated carbocycles. The lowest BCUT2D eigenvalue weighted by Crippen LogP contribution is -2.21. The van der Waals surface area contributed by atoms with Crippen LogP contribution >= 0.6 is 0 Å². The Labute approximate surface area is 184 Å². The predicted molar refractivity (Wildman–Crippen MR) is 121 cm³/mol. The van der Waals surface area contributed by atoms with E-state index in [1.54, 1.807) is 25.7 Å². The molecule has 0 aliphatic carbocycles. The molecule has 1 aliphatic heterocycles. The van der Waals surface area contributed by atoms with E-state index in [0.717, 1.165) is 36.4 Å². The quantitative estimate of drug-likeness (QED) is 0.422. The zero-order valence-electron chi connectivity index (χ0n) is 17.9. The van der Waals surface area contributed by atoms with Crippen molar-refractivity contribution in [1.82, 2.24) is 29.9 Å². The molecule has 5 heterocycles. The summed E-state index contributed by atoms with van der Waals surface area (Å²) in [6, 6.07) is 5.74. The average molecular weight is 432 g/mol. The number of aliphatic hydroxyl groups is 1. The molecule has 0 radical (unpaired) electrons. The molecular formula is C22H24N8O2. The van der Waals surface area contributed by atoms with Gasteiger partial charge in [0.1, 0.15) is 22.9 Å². The number of anilines is 3. The molecule has 10 heteroatoms. The number of aliphatic hydroxyl groups excluding tert-OH is 1. The highest BCUT2D eigenvalue weighted by atomic mass is 16.5. The normalized spacial score (nSPS) is 16.0. The van der Waals surface area contributed by atoms with E-state index in [4.69, 9.17) is 14.7 Å². The van der Waals surface area contributed by atoms with Crippen molar-refractivity contribution in [2.45, 2.75) is 13.3 Å². The summed E-state index contributed by atoms with van der Waals surface area (Å²) in [4.78, 5) is 27.9. The van der Waals surface area contributed by atoms with Gasteiger partial charge in [0.25, 0.3) is 0 Å². The van der Waals surface area contributed by atoms with E-state index in [1.165, 1.54) is 0 Å². The van der Waals surface area contributed by atoms with Gasteiger partial charge in [-0.25, -0.2) is 24.9 Å². The lowest BCUT2D eigenvalue weighted by molar-refractivity contribution is 0.238. The number of H-pyrrole nitrogens is 1. The lowest BCUT2D eigenvalue weighted by Gasteiger charge is -2.20. The maximum Gasteiger partial charge on any atom is 0.213 e. The maximum absolute atomic E-state index is 9.54. The summed E-state index contributed by atoms with van der Waals surface area (Å²) >= 11 is 0. The van der Waals surface area contributed by atoms with Gasteiger partial charge in [0.2, 0.25) is 5.88 Å². The number of methoxy groups -OCH3 is 1. The number of hydrogen-bond acceptors (Lipinski definition) is 9. The first-order chi connectivity index (χ1) is 15.6. The van der Waals surface area contributed by atoms with Crippen LogP contribution in [0.4, 0.5) is 17.2 Å². The van der Waals surface area contributed by atoms with Crippen LogP contribution in [0.1, 0.15) is 12.2 Å². The number of aryl methyl sites for hydroxylation is 1. The van der Waals surface area contributed by atoms with Crippen LogP contribution in [0.25, 0.3) is 22.4 Å². The number of aromatic nitrogens is 6. The minimum absolute atomic E-state index is 0.194. The second kappa shape index (κ2) is 8.39. The Hall–Kier alpha value is -3.79. The molecule has 0 unspecified atom stereocenters. The molecule has 0 aromatic carbocycles. The van der Waals surface area contributed by atoms with E-state index in [0.29, 0.717) is 34.4 Å². The fourth-order valence-electron chi connectivity index (χ4n) is 3.97. The zero-order valence-corrected chi connectivity index (χ0v) is 17.9. The molecule has 5 rings (SSSR count). The van der Waals surface area contributed by atoms with Crippen LogP contribution in [0.5, 0.6) is 5.88 Å². The van der Waals surface area contributed by atoms with Gasteiger partial charge in [-0.15, -0.1) is 0 Å². The Morgan fingerprint density at radius 3 is 2.88 bits per heavy atom. The highest BCUT2D eigenvalue weighted by Crippen LogP contribution is 2.35. The molecule has 32 heavy (non-hydrogen) atoms. The summed E-state index contributed by atoms with van der Waals surface area (Å²) in [6.07, 6.45) is 6.12. The minimum Gasteiger partial charge on any atom is -0.481 e. The second-order valence-corrected chi connectivity index (χ2v) is 7.81. The first-order valence-corrected chi connectivity index (χ1v) is 10.5. The van der Waals surface area contributed by atoms with Crippen molar-refractivity contribution in [3.05, 3.63) is 42.7 Å². The van der Waals surface area contributed by atoms with Crippen molar-refractivity contribution >= 4 is 28.4 Å². The van der Waals surface area contributed by atoms with E-state index in [9.17, 15) is 5.11 Å². The summed E-state index contributed by atoms with van der Waals surface area (Å²) in [5, 5.41) is 12.9. The van der Waals surface area contributed by atoms with Gasteiger partial charge in [-0.2, -0.15) is 0 Å². The molecular weight excluding hydrogens is 408 g/mol. The van der Waals surface area contributed by atoms with Crippen LogP contribution in [0, 0.1) is 12.8 Å². The van der Waals surface area contributed by atoms with Crippen LogP contribution in [-0.2, 0) is 0 Å². The number of hydrogen-bond donors (Lipinski definition) is 3. The van der Waals surface area contributed by atoms with E-state index in [-0.39, 0.29) is 12.5 Å². The number of pyridine rings is 2. The Morgan fingerprint density at radius 2 is 2.12 bits per heavy atom. The maximum atomic E-state index is 9.54. The SMILES string of the molecule is COc1ccc(Nc2ncc(N3CC[C@H](CO)C3)cc2-c2nc(C)nc3[nH]cnc23)cn1. The molecule has 0 amide bonds. The topological polar surface area (TPSA) is 125 Å². The second-order valence-electron chi connectivity index (χ2n) is 7.81. The molecule has 0 spiro atoms. The highest BCUT2D eigenvalue weighted by molar-refractivity contribution is 5.92. The van der Waals surface area contributed by atoms with E-state index < -0.39 is 0 Å². The van der Waals surface area contributed by atoms with Crippen molar-refractivity contribution in [3.8, 4) is 17.1 Å². The Morgan fingerprint density at radius 1 is 1.22 bits per heavy atom. The van der Waals surface area contributed by atoms with E-state index in [1.807, 2.05) is 19.2 Å². The Balaban J connectivity index is 1.60. The molecule has 4 aromatic rings. The first-order valence-electron chi connectivity index (χ1n) is 10.5. The van der Waals surface area contributed by atoms with E-state index in [2.05, 4.69) is 36.2 Å². The van der Waals surface area contributed by atoms with Gasteiger partial charge in [-0.1, -0.05) is 0 Å². The summed E-state index contributed by atoms with van der Waals surface area (Å²) in [5.41, 5.74) is 4.63. The number of fused-ring (bicyclic) bond motifs is 1. The monoisotopic (exact) mass is 432 g/mol. The molecule has 10 nitrogen and oxygen atoms in total. The van der Waals surface area contributed by atoms with E-state index >= 15 is 0 Å². The number of aromatic amines is 1. The standard InChI is InChI=1S/C22H24N8O2/c1-13-27-19(20-22(28-13)26-12-25-20)17-7-16(30-6-5-14(10-30)11-31)9-24-21(17)29-15-3-4-18(32-2)23-8-15/h3-4,7-9,12,14,31H,5-6,10-11H2,1-2H3,(H,24,29)(H,25,26,27,28)/t14-/m0/s1. The molecule has 4 aromatic heterocycles. The van der Waals surface area contributed by atoms with Crippen LogP contribution < -0.4 is 15.0 Å². The fourth-order valence-corrected chi connectivity index (χ4v) is 3.97. The largest absolute Gasteiger partial charge is 0.481 e. The number of rotatable bonds is 6. The zero-order chi connectivity index (χ0) is 22.1. The van der Waals surface area contributed by atoms with Gasteiger partial charge >= 0.3 is 0 Å². The minimum atomic E-state index is 0.194. The third-order valence-corrected chi connectivity index (χ3v) is 5.64. The van der Waals surface area contributed by atoms with Crippen molar-refractivity contribution in [1.29, 1.82) is 0 Å². The number of nitrogens with one attached hydrogen (secondary N) is 2. The molecule has 1 saturated heterocycles. The number of ether oxygens (including phenoxy) is 1. The van der Waals surface area contributed by atoms with Crippen LogP contribution in [0.3, 0.4) is 0 Å². The van der Waals surface area contributed by atoms with Crippen LogP contribution in [0.2, 0.25) is 0 Å².